The normalized spacial score (nSPS) is 19.5. The molecule has 1 aromatic rings. The van der Waals surface area contributed by atoms with E-state index in [1.807, 2.05) is 30.3 Å². The van der Waals surface area contributed by atoms with Crippen molar-refractivity contribution in [2.75, 3.05) is 46.9 Å². The Morgan fingerprint density at radius 1 is 1.33 bits per heavy atom. The van der Waals surface area contributed by atoms with Crippen molar-refractivity contribution < 1.29 is 4.74 Å². The Labute approximate surface area is 127 Å². The monoisotopic (exact) mass is 290 g/mol. The number of nitrogens with one attached hydrogen (secondary N) is 2. The lowest BCUT2D eigenvalue weighted by Gasteiger charge is -2.15. The zero-order valence-corrected chi connectivity index (χ0v) is 13.0. The van der Waals surface area contributed by atoms with Crippen LogP contribution in [0.3, 0.4) is 0 Å². The fourth-order valence-electron chi connectivity index (χ4n) is 2.51. The summed E-state index contributed by atoms with van der Waals surface area (Å²) in [5, 5.41) is 6.66. The van der Waals surface area contributed by atoms with Crippen LogP contribution < -0.4 is 15.4 Å². The molecule has 21 heavy (non-hydrogen) atoms. The number of aliphatic imine (C=N–C) groups is 1. The molecule has 0 aromatic heterocycles. The van der Waals surface area contributed by atoms with Crippen molar-refractivity contribution in [1.82, 2.24) is 15.5 Å². The number of para-hydroxylation sites is 1. The number of benzene rings is 1. The fraction of sp³-hybridized carbons (Fsp3) is 0.562. The second-order valence-corrected chi connectivity index (χ2v) is 5.46. The predicted molar refractivity (Wildman–Crippen MR) is 86.9 cm³/mol. The number of likely N-dealkylation sites (tertiary alicyclic amines) is 1. The molecule has 0 spiro atoms. The molecular formula is C16H26N4O. The van der Waals surface area contributed by atoms with Crippen molar-refractivity contribution in [2.24, 2.45) is 10.9 Å². The van der Waals surface area contributed by atoms with E-state index >= 15 is 0 Å². The molecule has 1 atom stereocenters. The van der Waals surface area contributed by atoms with E-state index in [2.05, 4.69) is 27.6 Å². The molecule has 1 aromatic carbocycles. The minimum atomic E-state index is 0.622. The van der Waals surface area contributed by atoms with Crippen LogP contribution in [0.25, 0.3) is 0 Å². The first-order valence-electron chi connectivity index (χ1n) is 7.59. The van der Waals surface area contributed by atoms with Crippen LogP contribution in [0.5, 0.6) is 5.75 Å². The summed E-state index contributed by atoms with van der Waals surface area (Å²) in [5.74, 6) is 2.46. The number of guanidine groups is 1. The van der Waals surface area contributed by atoms with Crippen molar-refractivity contribution in [3.63, 3.8) is 0 Å². The summed E-state index contributed by atoms with van der Waals surface area (Å²) in [4.78, 5) is 6.61. The Morgan fingerprint density at radius 3 is 2.81 bits per heavy atom. The topological polar surface area (TPSA) is 48.9 Å². The molecule has 0 bridgehead atoms. The quantitative estimate of drug-likeness (QED) is 0.469. The molecule has 1 aliphatic heterocycles. The zero-order chi connectivity index (χ0) is 14.9. The highest BCUT2D eigenvalue weighted by Gasteiger charge is 2.19. The molecule has 116 valence electrons. The van der Waals surface area contributed by atoms with Gasteiger partial charge >= 0.3 is 0 Å². The van der Waals surface area contributed by atoms with Gasteiger partial charge in [0.25, 0.3) is 0 Å². The molecule has 2 rings (SSSR count). The van der Waals surface area contributed by atoms with Gasteiger partial charge in [-0.2, -0.15) is 0 Å². The molecule has 0 saturated carbocycles. The average molecular weight is 290 g/mol. The van der Waals surface area contributed by atoms with E-state index in [9.17, 15) is 0 Å². The molecule has 1 saturated heterocycles. The minimum absolute atomic E-state index is 0.622. The van der Waals surface area contributed by atoms with Crippen LogP contribution in [0.4, 0.5) is 0 Å². The number of hydrogen-bond donors (Lipinski definition) is 2. The Bertz CT molecular complexity index is 435. The van der Waals surface area contributed by atoms with Crippen LogP contribution in [0.2, 0.25) is 0 Å². The first-order valence-corrected chi connectivity index (χ1v) is 7.59. The van der Waals surface area contributed by atoms with E-state index in [0.717, 1.165) is 24.8 Å². The van der Waals surface area contributed by atoms with Gasteiger partial charge in [-0.05, 0) is 38.1 Å². The molecular weight excluding hydrogens is 264 g/mol. The lowest BCUT2D eigenvalue weighted by atomic mass is 10.1. The van der Waals surface area contributed by atoms with Gasteiger partial charge in [0.2, 0.25) is 0 Å². The first kappa shape index (κ1) is 15.6. The maximum absolute atomic E-state index is 5.64. The van der Waals surface area contributed by atoms with Crippen LogP contribution in [-0.2, 0) is 0 Å². The molecule has 1 unspecified atom stereocenters. The van der Waals surface area contributed by atoms with Gasteiger partial charge in [-0.1, -0.05) is 18.2 Å². The van der Waals surface area contributed by atoms with Gasteiger partial charge in [-0.25, -0.2) is 0 Å². The minimum Gasteiger partial charge on any atom is -0.492 e. The van der Waals surface area contributed by atoms with Crippen LogP contribution in [0, 0.1) is 5.92 Å². The third kappa shape index (κ3) is 5.63. The molecule has 0 amide bonds. The number of nitrogens with zero attached hydrogens (tertiary/aromatic N) is 2. The van der Waals surface area contributed by atoms with Gasteiger partial charge in [0.15, 0.2) is 5.96 Å². The van der Waals surface area contributed by atoms with Gasteiger partial charge in [-0.3, -0.25) is 4.99 Å². The van der Waals surface area contributed by atoms with Crippen LogP contribution in [-0.4, -0.2) is 57.7 Å². The predicted octanol–water partition coefficient (Wildman–Crippen LogP) is 1.18. The summed E-state index contributed by atoms with van der Waals surface area (Å²) in [6, 6.07) is 9.86. The van der Waals surface area contributed by atoms with Gasteiger partial charge in [0, 0.05) is 20.1 Å². The Hall–Kier alpha value is -1.75. The zero-order valence-electron chi connectivity index (χ0n) is 13.0. The van der Waals surface area contributed by atoms with E-state index in [0.29, 0.717) is 12.5 Å². The van der Waals surface area contributed by atoms with Gasteiger partial charge in [0.1, 0.15) is 12.4 Å². The third-order valence-electron chi connectivity index (χ3n) is 3.68. The van der Waals surface area contributed by atoms with E-state index in [4.69, 9.17) is 4.74 Å². The second-order valence-electron chi connectivity index (χ2n) is 5.46. The summed E-state index contributed by atoms with van der Waals surface area (Å²) >= 11 is 0. The molecule has 1 heterocycles. The van der Waals surface area contributed by atoms with Crippen LogP contribution in [0.1, 0.15) is 6.42 Å². The first-order chi connectivity index (χ1) is 10.3. The summed E-state index contributed by atoms with van der Waals surface area (Å²) in [6.07, 6.45) is 1.26. The van der Waals surface area contributed by atoms with E-state index in [1.54, 1.807) is 7.05 Å². The number of hydrogen-bond acceptors (Lipinski definition) is 3. The Kier molecular flexibility index (Phi) is 6.34. The van der Waals surface area contributed by atoms with E-state index in [1.165, 1.54) is 19.5 Å². The van der Waals surface area contributed by atoms with Crippen LogP contribution in [0.15, 0.2) is 35.3 Å². The van der Waals surface area contributed by atoms with Crippen molar-refractivity contribution in [1.29, 1.82) is 0 Å². The van der Waals surface area contributed by atoms with E-state index < -0.39 is 0 Å². The maximum Gasteiger partial charge on any atom is 0.191 e. The Balaban J connectivity index is 1.59. The molecule has 1 aliphatic rings. The summed E-state index contributed by atoms with van der Waals surface area (Å²) in [5.41, 5.74) is 0. The SMILES string of the molecule is CN=C(NCCOc1ccccc1)NCC1CCN(C)C1. The smallest absolute Gasteiger partial charge is 0.191 e. The standard InChI is InChI=1S/C16H26N4O/c1-17-16(19-12-14-8-10-20(2)13-14)18-9-11-21-15-6-4-3-5-7-15/h3-7,14H,8-13H2,1-2H3,(H2,17,18,19). The highest BCUT2D eigenvalue weighted by Crippen LogP contribution is 2.12. The van der Waals surface area contributed by atoms with Crippen LogP contribution >= 0.6 is 0 Å². The summed E-state index contributed by atoms with van der Waals surface area (Å²) in [6.45, 7) is 4.70. The highest BCUT2D eigenvalue weighted by atomic mass is 16.5. The number of rotatable bonds is 6. The summed E-state index contributed by atoms with van der Waals surface area (Å²) < 4.78 is 5.64. The van der Waals surface area contributed by atoms with Crippen molar-refractivity contribution >= 4 is 5.96 Å². The molecule has 5 heteroatoms. The fourth-order valence-corrected chi connectivity index (χ4v) is 2.51. The van der Waals surface area contributed by atoms with Crippen molar-refractivity contribution in [2.45, 2.75) is 6.42 Å². The maximum atomic E-state index is 5.64. The van der Waals surface area contributed by atoms with Gasteiger partial charge in [0.05, 0.1) is 6.54 Å². The highest BCUT2D eigenvalue weighted by molar-refractivity contribution is 5.79. The molecule has 0 radical (unpaired) electrons. The second kappa shape index (κ2) is 8.52. The lowest BCUT2D eigenvalue weighted by Crippen LogP contribution is -2.41. The largest absolute Gasteiger partial charge is 0.492 e. The lowest BCUT2D eigenvalue weighted by molar-refractivity contribution is 0.321. The van der Waals surface area contributed by atoms with Crippen molar-refractivity contribution in [3.8, 4) is 5.75 Å². The van der Waals surface area contributed by atoms with Crippen molar-refractivity contribution in [3.05, 3.63) is 30.3 Å². The van der Waals surface area contributed by atoms with Gasteiger partial charge in [-0.15, -0.1) is 0 Å². The number of ether oxygens (including phenoxy) is 1. The summed E-state index contributed by atoms with van der Waals surface area (Å²) in [7, 11) is 3.97. The van der Waals surface area contributed by atoms with Gasteiger partial charge < -0.3 is 20.3 Å². The average Bonchev–Trinajstić information content (AvgIpc) is 2.93. The Morgan fingerprint density at radius 2 is 2.14 bits per heavy atom. The molecule has 1 fully saturated rings. The van der Waals surface area contributed by atoms with E-state index in [-0.39, 0.29) is 0 Å². The molecule has 5 nitrogen and oxygen atoms in total. The molecule has 2 N–H and O–H groups in total. The third-order valence-corrected chi connectivity index (χ3v) is 3.68. The molecule has 0 aliphatic carbocycles.